The van der Waals surface area contributed by atoms with Gasteiger partial charge in [0.1, 0.15) is 12.7 Å². The monoisotopic (exact) mass is 250 g/mol. The second-order valence-electron chi connectivity index (χ2n) is 4.26. The third kappa shape index (κ3) is 2.85. The van der Waals surface area contributed by atoms with E-state index in [1.54, 1.807) is 0 Å². The van der Waals surface area contributed by atoms with Crippen molar-refractivity contribution in [2.24, 2.45) is 0 Å². The molecule has 1 aliphatic heterocycles. The molecule has 0 radical (unpaired) electrons. The van der Waals surface area contributed by atoms with E-state index in [0.29, 0.717) is 6.42 Å². The standard InChI is InChI=1S/C13H15FN2O2/c14-6-7-16-9-12(17)15-11(13(16)18)8-10-4-2-1-3-5-10/h1-5,11H,6-9H2,(H,15,17). The average molecular weight is 250 g/mol. The minimum atomic E-state index is -0.628. The molecule has 5 heteroatoms. The van der Waals surface area contributed by atoms with Crippen molar-refractivity contribution in [2.75, 3.05) is 19.8 Å². The van der Waals surface area contributed by atoms with Crippen LogP contribution in [0.15, 0.2) is 30.3 Å². The first-order valence-corrected chi connectivity index (χ1v) is 5.88. The van der Waals surface area contributed by atoms with Gasteiger partial charge in [-0.05, 0) is 5.56 Å². The summed E-state index contributed by atoms with van der Waals surface area (Å²) in [5.74, 6) is -0.444. The number of halogens is 1. The molecule has 1 unspecified atom stereocenters. The van der Waals surface area contributed by atoms with E-state index in [4.69, 9.17) is 0 Å². The molecule has 0 saturated carbocycles. The molecule has 1 aromatic rings. The van der Waals surface area contributed by atoms with E-state index in [2.05, 4.69) is 5.32 Å². The van der Waals surface area contributed by atoms with Gasteiger partial charge in [-0.15, -0.1) is 0 Å². The lowest BCUT2D eigenvalue weighted by atomic mass is 10.0. The van der Waals surface area contributed by atoms with Crippen LogP contribution in [-0.2, 0) is 16.0 Å². The number of rotatable bonds is 4. The molecule has 1 N–H and O–H groups in total. The maximum atomic E-state index is 12.3. The highest BCUT2D eigenvalue weighted by Gasteiger charge is 2.32. The van der Waals surface area contributed by atoms with Crippen LogP contribution < -0.4 is 5.32 Å². The molecular weight excluding hydrogens is 235 g/mol. The molecule has 2 rings (SSSR count). The van der Waals surface area contributed by atoms with Crippen molar-refractivity contribution >= 4 is 11.8 Å². The number of hydrogen-bond donors (Lipinski definition) is 1. The summed E-state index contributed by atoms with van der Waals surface area (Å²) in [6.45, 7) is -0.692. The van der Waals surface area contributed by atoms with Crippen LogP contribution in [0.1, 0.15) is 5.56 Å². The number of hydrogen-bond acceptors (Lipinski definition) is 2. The maximum Gasteiger partial charge on any atom is 0.246 e. The second kappa shape index (κ2) is 5.62. The van der Waals surface area contributed by atoms with Gasteiger partial charge in [-0.2, -0.15) is 0 Å². The molecule has 1 atom stereocenters. The highest BCUT2D eigenvalue weighted by Crippen LogP contribution is 2.09. The Morgan fingerprint density at radius 2 is 2.00 bits per heavy atom. The maximum absolute atomic E-state index is 12.3. The van der Waals surface area contributed by atoms with Gasteiger partial charge in [0.15, 0.2) is 0 Å². The molecule has 4 nitrogen and oxygen atoms in total. The minimum Gasteiger partial charge on any atom is -0.342 e. The summed E-state index contributed by atoms with van der Waals surface area (Å²) in [5, 5.41) is 2.65. The Morgan fingerprint density at radius 1 is 1.28 bits per heavy atom. The lowest BCUT2D eigenvalue weighted by Crippen LogP contribution is -2.59. The van der Waals surface area contributed by atoms with Gasteiger partial charge in [0.05, 0.1) is 6.54 Å². The molecule has 1 saturated heterocycles. The van der Waals surface area contributed by atoms with Crippen LogP contribution in [0.3, 0.4) is 0 Å². The fraction of sp³-hybridized carbons (Fsp3) is 0.385. The molecule has 1 aliphatic rings. The topological polar surface area (TPSA) is 49.4 Å². The quantitative estimate of drug-likeness (QED) is 0.847. The van der Waals surface area contributed by atoms with Gasteiger partial charge in [0.25, 0.3) is 0 Å². The smallest absolute Gasteiger partial charge is 0.246 e. The van der Waals surface area contributed by atoms with Crippen molar-refractivity contribution in [2.45, 2.75) is 12.5 Å². The predicted octanol–water partition coefficient (Wildman–Crippen LogP) is 0.526. The lowest BCUT2D eigenvalue weighted by Gasteiger charge is -2.32. The zero-order valence-corrected chi connectivity index (χ0v) is 9.93. The Labute approximate surface area is 105 Å². The zero-order valence-electron chi connectivity index (χ0n) is 9.93. The van der Waals surface area contributed by atoms with Gasteiger partial charge in [0, 0.05) is 13.0 Å². The van der Waals surface area contributed by atoms with Crippen LogP contribution >= 0.6 is 0 Å². The largest absolute Gasteiger partial charge is 0.342 e. The normalized spacial score (nSPS) is 19.8. The first kappa shape index (κ1) is 12.5. The van der Waals surface area contributed by atoms with E-state index in [9.17, 15) is 14.0 Å². The Hall–Kier alpha value is -1.91. The zero-order chi connectivity index (χ0) is 13.0. The minimum absolute atomic E-state index is 0.0163. The first-order valence-electron chi connectivity index (χ1n) is 5.88. The molecule has 96 valence electrons. The summed E-state index contributed by atoms with van der Waals surface area (Å²) in [6, 6.07) is 8.86. The van der Waals surface area contributed by atoms with Crippen molar-refractivity contribution in [3.05, 3.63) is 35.9 Å². The fourth-order valence-electron chi connectivity index (χ4n) is 2.05. The Morgan fingerprint density at radius 3 is 2.67 bits per heavy atom. The fourth-order valence-corrected chi connectivity index (χ4v) is 2.05. The molecule has 18 heavy (non-hydrogen) atoms. The van der Waals surface area contributed by atoms with E-state index in [0.717, 1.165) is 5.56 Å². The summed E-state index contributed by atoms with van der Waals surface area (Å²) in [4.78, 5) is 24.7. The van der Waals surface area contributed by atoms with Crippen LogP contribution in [0.2, 0.25) is 0 Å². The molecule has 0 aliphatic carbocycles. The van der Waals surface area contributed by atoms with Crippen molar-refractivity contribution in [1.82, 2.24) is 10.2 Å². The SMILES string of the molecule is O=C1CN(CCF)C(=O)C(Cc2ccccc2)N1. The number of nitrogens with zero attached hydrogens (tertiary/aromatic N) is 1. The molecule has 0 bridgehead atoms. The summed E-state index contributed by atoms with van der Waals surface area (Å²) >= 11 is 0. The van der Waals surface area contributed by atoms with Gasteiger partial charge in [0.2, 0.25) is 11.8 Å². The van der Waals surface area contributed by atoms with E-state index in [1.807, 2.05) is 30.3 Å². The first-order chi connectivity index (χ1) is 8.70. The number of carbonyl (C=O) groups is 2. The molecule has 1 heterocycles. The van der Waals surface area contributed by atoms with E-state index < -0.39 is 12.7 Å². The number of carbonyl (C=O) groups excluding carboxylic acids is 2. The summed E-state index contributed by atoms with van der Waals surface area (Å²) in [6.07, 6.45) is 0.439. The number of piperazine rings is 1. The van der Waals surface area contributed by atoms with Gasteiger partial charge in [-0.25, -0.2) is 4.39 Å². The van der Waals surface area contributed by atoms with Crippen LogP contribution in [0, 0.1) is 0 Å². The van der Waals surface area contributed by atoms with E-state index in [-0.39, 0.29) is 24.9 Å². The van der Waals surface area contributed by atoms with Crippen LogP contribution in [0.5, 0.6) is 0 Å². The van der Waals surface area contributed by atoms with Crippen LogP contribution in [0.4, 0.5) is 4.39 Å². The van der Waals surface area contributed by atoms with Gasteiger partial charge in [-0.1, -0.05) is 30.3 Å². The molecular formula is C13H15FN2O2. The van der Waals surface area contributed by atoms with Crippen molar-refractivity contribution < 1.29 is 14.0 Å². The molecule has 1 aromatic carbocycles. The van der Waals surface area contributed by atoms with Crippen molar-refractivity contribution in [3.63, 3.8) is 0 Å². The summed E-state index contributed by atoms with van der Waals surface area (Å²) in [7, 11) is 0. The Kier molecular flexibility index (Phi) is 3.92. The third-order valence-electron chi connectivity index (χ3n) is 2.92. The highest BCUT2D eigenvalue weighted by molar-refractivity contribution is 5.95. The lowest BCUT2D eigenvalue weighted by molar-refractivity contribution is -0.144. The van der Waals surface area contributed by atoms with Crippen molar-refractivity contribution in [1.29, 1.82) is 0 Å². The van der Waals surface area contributed by atoms with E-state index >= 15 is 0 Å². The van der Waals surface area contributed by atoms with Crippen molar-refractivity contribution in [3.8, 4) is 0 Å². The molecule has 0 aromatic heterocycles. The molecule has 1 fully saturated rings. The Balaban J connectivity index is 2.07. The molecule has 0 spiro atoms. The van der Waals surface area contributed by atoms with Gasteiger partial charge >= 0.3 is 0 Å². The van der Waals surface area contributed by atoms with Crippen LogP contribution in [-0.4, -0.2) is 42.5 Å². The number of benzene rings is 1. The number of nitrogens with one attached hydrogen (secondary N) is 1. The third-order valence-corrected chi connectivity index (χ3v) is 2.92. The van der Waals surface area contributed by atoms with Gasteiger partial charge in [-0.3, -0.25) is 9.59 Å². The average Bonchev–Trinajstić information content (AvgIpc) is 2.36. The molecule has 2 amide bonds. The number of alkyl halides is 1. The summed E-state index contributed by atoms with van der Waals surface area (Å²) < 4.78 is 12.3. The second-order valence-corrected chi connectivity index (χ2v) is 4.26. The number of amides is 2. The Bertz CT molecular complexity index is 436. The van der Waals surface area contributed by atoms with Crippen LogP contribution in [0.25, 0.3) is 0 Å². The predicted molar refractivity (Wildman–Crippen MR) is 64.6 cm³/mol. The summed E-state index contributed by atoms with van der Waals surface area (Å²) in [5.41, 5.74) is 0.971. The van der Waals surface area contributed by atoms with Gasteiger partial charge < -0.3 is 10.2 Å². The van der Waals surface area contributed by atoms with E-state index in [1.165, 1.54) is 4.90 Å². The highest BCUT2D eigenvalue weighted by atomic mass is 19.1.